The monoisotopic (exact) mass is 751 g/mol. The summed E-state index contributed by atoms with van der Waals surface area (Å²) in [6.07, 6.45) is 0.504. The van der Waals surface area contributed by atoms with Crippen molar-refractivity contribution in [3.8, 4) is 11.3 Å². The topological polar surface area (TPSA) is 214 Å². The third-order valence-electron chi connectivity index (χ3n) is 6.69. The van der Waals surface area contributed by atoms with E-state index in [1.54, 1.807) is 18.2 Å². The summed E-state index contributed by atoms with van der Waals surface area (Å²) >= 11 is 5.00. The summed E-state index contributed by atoms with van der Waals surface area (Å²) in [5.41, 5.74) is 4.59. The maximum atomic E-state index is 13.9. The molecule has 16 nitrogen and oxygen atoms in total. The lowest BCUT2D eigenvalue weighted by molar-refractivity contribution is -0.389. The third kappa shape index (κ3) is 10.4. The Morgan fingerprint density at radius 2 is 1.65 bits per heavy atom. The number of nitrogens with zero attached hydrogens (tertiary/aromatic N) is 6. The molecule has 0 saturated carbocycles. The Balaban J connectivity index is 0.000000502. The lowest BCUT2D eigenvalue weighted by Crippen LogP contribution is -2.57. The summed E-state index contributed by atoms with van der Waals surface area (Å²) in [5.74, 6) is -6.59. The summed E-state index contributed by atoms with van der Waals surface area (Å²) in [6, 6.07) is 6.39. The number of halogens is 3. The van der Waals surface area contributed by atoms with Gasteiger partial charge in [0, 0.05) is 48.4 Å². The summed E-state index contributed by atoms with van der Waals surface area (Å²) in [5, 5.41) is 18.0. The van der Waals surface area contributed by atoms with Gasteiger partial charge < -0.3 is 34.8 Å². The molecule has 4 heterocycles. The second-order valence-corrected chi connectivity index (χ2v) is 12.2. The SMILES string of the molecule is CC(=O)OC[C@H]1O[C@H](Sc2ccnc(N)c2)[C@H](OC(C)=O)[C@@H](n2cc(-c3cc(F)c(F)c(F)c3)nn2)[C@H]1OC(C)=O.O=[N+]([O-])c1cc(S)ccn1. The normalized spacial score (nSPS) is 19.6. The van der Waals surface area contributed by atoms with Gasteiger partial charge in [0.15, 0.2) is 29.7 Å². The number of ether oxygens (including phenoxy) is 4. The Morgan fingerprint density at radius 3 is 2.22 bits per heavy atom. The third-order valence-corrected chi connectivity index (χ3v) is 8.10. The highest BCUT2D eigenvalue weighted by Gasteiger charge is 2.52. The van der Waals surface area contributed by atoms with Crippen molar-refractivity contribution in [2.24, 2.45) is 0 Å². The van der Waals surface area contributed by atoms with Gasteiger partial charge >= 0.3 is 23.7 Å². The second-order valence-electron chi connectivity index (χ2n) is 10.5. The van der Waals surface area contributed by atoms with E-state index < -0.39 is 70.1 Å². The number of nitrogens with two attached hydrogens (primary N) is 1. The van der Waals surface area contributed by atoms with E-state index in [0.717, 1.165) is 37.7 Å². The number of hydrogen-bond donors (Lipinski definition) is 2. The first-order chi connectivity index (χ1) is 24.1. The molecule has 3 aromatic heterocycles. The van der Waals surface area contributed by atoms with Crippen molar-refractivity contribution in [1.82, 2.24) is 25.0 Å². The first kappa shape index (κ1) is 38.5. The predicted molar refractivity (Wildman–Crippen MR) is 173 cm³/mol. The largest absolute Gasteiger partial charge is 0.463 e. The molecule has 0 aliphatic carbocycles. The molecule has 5 rings (SSSR count). The van der Waals surface area contributed by atoms with E-state index in [4.69, 9.17) is 24.7 Å². The van der Waals surface area contributed by atoms with Gasteiger partial charge in [-0.15, -0.1) is 17.7 Å². The van der Waals surface area contributed by atoms with E-state index in [1.807, 2.05) is 0 Å². The number of pyridine rings is 2. The van der Waals surface area contributed by atoms with Crippen molar-refractivity contribution in [3.63, 3.8) is 0 Å². The molecule has 1 aliphatic rings. The van der Waals surface area contributed by atoms with Gasteiger partial charge in [-0.1, -0.05) is 17.0 Å². The Bertz CT molecular complexity index is 1900. The average Bonchev–Trinajstić information content (AvgIpc) is 3.54. The number of benzene rings is 1. The van der Waals surface area contributed by atoms with Crippen molar-refractivity contribution in [1.29, 1.82) is 0 Å². The van der Waals surface area contributed by atoms with Gasteiger partial charge in [-0.3, -0.25) is 14.4 Å². The van der Waals surface area contributed by atoms with Crippen LogP contribution in [0.15, 0.2) is 64.8 Å². The standard InChI is InChI=1S/C25H24F3N5O7S.C5H4N2O2S/c1-11(34)37-10-19-23(38-12(2)35)22(33-9-18(31-32-33)14-6-16(26)21(28)17(27)7-14)24(39-13(3)36)25(40-19)41-15-4-5-30-20(29)8-15;8-7(9)5-3-4(10)1-2-6-5/h4-9,19,22-25H,10H2,1-3H3,(H2,29,30);1-3H,(H,6,10)/t19-,22+,23+,24-,25-;/m1./s1. The van der Waals surface area contributed by atoms with E-state index in [0.29, 0.717) is 9.79 Å². The van der Waals surface area contributed by atoms with Gasteiger partial charge in [0.2, 0.25) is 0 Å². The molecule has 0 spiro atoms. The second kappa shape index (κ2) is 17.1. The maximum absolute atomic E-state index is 13.9. The van der Waals surface area contributed by atoms with Crippen LogP contribution >= 0.6 is 24.4 Å². The molecule has 0 amide bonds. The van der Waals surface area contributed by atoms with Gasteiger partial charge in [0.25, 0.3) is 0 Å². The van der Waals surface area contributed by atoms with Gasteiger partial charge in [-0.2, -0.15) is 0 Å². The zero-order valence-electron chi connectivity index (χ0n) is 26.7. The van der Waals surface area contributed by atoms with Crippen molar-refractivity contribution >= 4 is 53.9 Å². The number of carbonyl (C=O) groups is 3. The van der Waals surface area contributed by atoms with Crippen LogP contribution in [0, 0.1) is 27.6 Å². The fourth-order valence-electron chi connectivity index (χ4n) is 4.68. The van der Waals surface area contributed by atoms with E-state index >= 15 is 0 Å². The molecular formula is C30H28F3N7O9S2. The molecule has 51 heavy (non-hydrogen) atoms. The van der Waals surface area contributed by atoms with Crippen LogP contribution in [0.1, 0.15) is 26.8 Å². The number of thioether (sulfide) groups is 1. The molecule has 1 saturated heterocycles. The highest BCUT2D eigenvalue weighted by atomic mass is 32.2. The molecule has 0 radical (unpaired) electrons. The lowest BCUT2D eigenvalue weighted by Gasteiger charge is -2.44. The number of anilines is 1. The molecule has 5 atom stereocenters. The zero-order chi connectivity index (χ0) is 37.4. The van der Waals surface area contributed by atoms with Crippen molar-refractivity contribution in [2.75, 3.05) is 12.3 Å². The van der Waals surface area contributed by atoms with Gasteiger partial charge in [0.05, 0.1) is 6.20 Å². The smallest absolute Gasteiger partial charge is 0.364 e. The molecule has 1 aromatic carbocycles. The van der Waals surface area contributed by atoms with Gasteiger partial charge in [0.1, 0.15) is 41.9 Å². The van der Waals surface area contributed by atoms with E-state index in [2.05, 4.69) is 32.9 Å². The molecule has 4 aromatic rings. The van der Waals surface area contributed by atoms with Crippen LogP contribution < -0.4 is 5.73 Å². The number of hydrogen-bond acceptors (Lipinski definition) is 16. The number of carbonyl (C=O) groups excluding carboxylic acids is 3. The summed E-state index contributed by atoms with van der Waals surface area (Å²) < 4.78 is 65.1. The summed E-state index contributed by atoms with van der Waals surface area (Å²) in [4.78, 5) is 54.1. The first-order valence-electron chi connectivity index (χ1n) is 14.5. The number of nitro groups is 1. The average molecular weight is 752 g/mol. The van der Waals surface area contributed by atoms with E-state index in [-0.39, 0.29) is 29.5 Å². The minimum Gasteiger partial charge on any atom is -0.463 e. The lowest BCUT2D eigenvalue weighted by atomic mass is 9.96. The Morgan fingerprint density at radius 1 is 1.00 bits per heavy atom. The highest BCUT2D eigenvalue weighted by molar-refractivity contribution is 7.99. The van der Waals surface area contributed by atoms with Crippen LogP contribution in [0.4, 0.5) is 24.8 Å². The maximum Gasteiger partial charge on any atom is 0.364 e. The molecule has 1 aliphatic heterocycles. The fourth-order valence-corrected chi connectivity index (χ4v) is 6.01. The van der Waals surface area contributed by atoms with Crippen molar-refractivity contribution in [2.45, 2.75) is 60.4 Å². The summed E-state index contributed by atoms with van der Waals surface area (Å²) in [6.45, 7) is 3.12. The van der Waals surface area contributed by atoms with Crippen LogP contribution in [-0.2, 0) is 33.3 Å². The van der Waals surface area contributed by atoms with Crippen LogP contribution in [0.2, 0.25) is 0 Å². The molecule has 270 valence electrons. The number of esters is 3. The zero-order valence-corrected chi connectivity index (χ0v) is 28.4. The fraction of sp³-hybridized carbons (Fsp3) is 0.300. The van der Waals surface area contributed by atoms with Crippen molar-refractivity contribution in [3.05, 3.63) is 82.6 Å². The first-order valence-corrected chi connectivity index (χ1v) is 15.8. The number of nitrogen functional groups attached to an aromatic ring is 1. The molecule has 21 heteroatoms. The van der Waals surface area contributed by atoms with Crippen molar-refractivity contribution < 1.29 is 51.4 Å². The number of rotatable bonds is 9. The predicted octanol–water partition coefficient (Wildman–Crippen LogP) is 4.10. The minimum absolute atomic E-state index is 0.0694. The number of aromatic nitrogens is 5. The van der Waals surface area contributed by atoms with Crippen LogP contribution in [-0.4, -0.2) is 78.1 Å². The van der Waals surface area contributed by atoms with E-state index in [9.17, 15) is 37.7 Å². The summed E-state index contributed by atoms with van der Waals surface area (Å²) in [7, 11) is 0. The Labute approximate surface area is 296 Å². The quantitative estimate of drug-likeness (QED) is 0.0615. The van der Waals surface area contributed by atoms with Gasteiger partial charge in [-0.05, 0) is 40.2 Å². The van der Waals surface area contributed by atoms with Crippen LogP contribution in [0.3, 0.4) is 0 Å². The van der Waals surface area contributed by atoms with Gasteiger partial charge in [-0.25, -0.2) is 22.8 Å². The number of thiol groups is 1. The Hall–Kier alpha value is -5.28. The molecule has 0 bridgehead atoms. The Kier molecular flexibility index (Phi) is 12.9. The minimum atomic E-state index is -1.65. The molecule has 2 N–H and O–H groups in total. The highest BCUT2D eigenvalue weighted by Crippen LogP contribution is 2.41. The molecular weight excluding hydrogens is 723 g/mol. The molecule has 0 unspecified atom stereocenters. The van der Waals surface area contributed by atoms with E-state index in [1.165, 1.54) is 36.3 Å². The molecule has 1 fully saturated rings. The van der Waals surface area contributed by atoms with Crippen LogP contribution in [0.5, 0.6) is 0 Å². The van der Waals surface area contributed by atoms with Crippen LogP contribution in [0.25, 0.3) is 11.3 Å².